The van der Waals surface area contributed by atoms with Gasteiger partial charge in [-0.2, -0.15) is 0 Å². The van der Waals surface area contributed by atoms with Crippen molar-refractivity contribution in [2.75, 3.05) is 0 Å². The maximum absolute atomic E-state index is 12.0. The Morgan fingerprint density at radius 3 is 2.69 bits per heavy atom. The lowest BCUT2D eigenvalue weighted by atomic mass is 10.2. The summed E-state index contributed by atoms with van der Waals surface area (Å²) in [7, 11) is 0. The summed E-state index contributed by atoms with van der Waals surface area (Å²) in [5.41, 5.74) is 2.90. The number of hydrogen-bond acceptors (Lipinski definition) is 3. The van der Waals surface area contributed by atoms with Crippen LogP contribution in [0.25, 0.3) is 6.08 Å². The molecule has 26 heavy (non-hydrogen) atoms. The van der Waals surface area contributed by atoms with E-state index < -0.39 is 0 Å². The van der Waals surface area contributed by atoms with Crippen LogP contribution in [0.15, 0.2) is 60.0 Å². The Morgan fingerprint density at radius 2 is 1.92 bits per heavy atom. The Bertz CT molecular complexity index is 923. The first kappa shape index (κ1) is 18.6. The van der Waals surface area contributed by atoms with Crippen molar-refractivity contribution in [3.05, 3.63) is 91.9 Å². The molecule has 3 nitrogen and oxygen atoms in total. The maximum atomic E-state index is 12.0. The van der Waals surface area contributed by atoms with Gasteiger partial charge in [0.25, 0.3) is 0 Å². The van der Waals surface area contributed by atoms with E-state index in [1.165, 1.54) is 11.6 Å². The molecular formula is C20H16Cl2N2OS. The number of rotatable bonds is 6. The second-order valence-corrected chi connectivity index (χ2v) is 7.38. The molecule has 0 saturated carbocycles. The number of carbonyl (C=O) groups excluding carboxylic acids is 1. The quantitative estimate of drug-likeness (QED) is 0.563. The molecule has 132 valence electrons. The van der Waals surface area contributed by atoms with Crippen LogP contribution in [-0.2, 0) is 17.8 Å². The fourth-order valence-electron chi connectivity index (χ4n) is 2.31. The van der Waals surface area contributed by atoms with Crippen LogP contribution in [0.4, 0.5) is 0 Å². The first-order valence-corrected chi connectivity index (χ1v) is 9.62. The van der Waals surface area contributed by atoms with Crippen molar-refractivity contribution in [3.8, 4) is 0 Å². The van der Waals surface area contributed by atoms with Crippen LogP contribution in [0.5, 0.6) is 0 Å². The molecular weight excluding hydrogens is 387 g/mol. The molecule has 1 aromatic heterocycles. The Morgan fingerprint density at radius 1 is 1.12 bits per heavy atom. The highest BCUT2D eigenvalue weighted by molar-refractivity contribution is 7.09. The van der Waals surface area contributed by atoms with E-state index in [2.05, 4.69) is 22.4 Å². The number of carbonyl (C=O) groups is 1. The van der Waals surface area contributed by atoms with Gasteiger partial charge in [0.15, 0.2) is 0 Å². The number of halogens is 2. The third-order valence-electron chi connectivity index (χ3n) is 3.61. The smallest absolute Gasteiger partial charge is 0.244 e. The second-order valence-electron chi connectivity index (χ2n) is 5.62. The van der Waals surface area contributed by atoms with Crippen LogP contribution in [0, 0.1) is 0 Å². The van der Waals surface area contributed by atoms with Gasteiger partial charge in [-0.1, -0.05) is 59.6 Å². The van der Waals surface area contributed by atoms with E-state index in [-0.39, 0.29) is 5.91 Å². The zero-order valence-electron chi connectivity index (χ0n) is 13.8. The van der Waals surface area contributed by atoms with Crippen molar-refractivity contribution < 1.29 is 4.79 Å². The van der Waals surface area contributed by atoms with Crippen molar-refractivity contribution in [1.29, 1.82) is 0 Å². The minimum Gasteiger partial charge on any atom is -0.347 e. The molecule has 6 heteroatoms. The molecule has 0 bridgehead atoms. The molecule has 3 rings (SSSR count). The summed E-state index contributed by atoms with van der Waals surface area (Å²) in [6.07, 6.45) is 3.97. The lowest BCUT2D eigenvalue weighted by molar-refractivity contribution is -0.116. The van der Waals surface area contributed by atoms with E-state index in [0.29, 0.717) is 16.6 Å². The van der Waals surface area contributed by atoms with Crippen LogP contribution in [-0.4, -0.2) is 10.9 Å². The van der Waals surface area contributed by atoms with E-state index >= 15 is 0 Å². The van der Waals surface area contributed by atoms with E-state index in [0.717, 1.165) is 22.7 Å². The zero-order chi connectivity index (χ0) is 18.4. The van der Waals surface area contributed by atoms with Crippen LogP contribution < -0.4 is 5.32 Å². The molecule has 0 radical (unpaired) electrons. The molecule has 0 aliphatic heterocycles. The third-order valence-corrected chi connectivity index (χ3v) is 5.25. The van der Waals surface area contributed by atoms with Crippen LogP contribution in [0.2, 0.25) is 10.0 Å². The summed E-state index contributed by atoms with van der Waals surface area (Å²) in [5.74, 6) is -0.186. The fourth-order valence-corrected chi connectivity index (χ4v) is 3.44. The Kier molecular flexibility index (Phi) is 6.45. The molecule has 2 aromatic carbocycles. The minimum atomic E-state index is -0.186. The lowest BCUT2D eigenvalue weighted by Crippen LogP contribution is -2.20. The monoisotopic (exact) mass is 402 g/mol. The summed E-state index contributed by atoms with van der Waals surface area (Å²) < 4.78 is 0. The predicted molar refractivity (Wildman–Crippen MR) is 109 cm³/mol. The molecule has 3 aromatic rings. The highest BCUT2D eigenvalue weighted by Crippen LogP contribution is 2.23. The largest absolute Gasteiger partial charge is 0.347 e. The standard InChI is InChI=1S/C20H16Cl2N2OS/c21-17-8-6-15(10-18(17)22)7-9-19(25)23-12-16-13-26-20(24-16)11-14-4-2-1-3-5-14/h1-10,13H,11-12H2,(H,23,25)/b9-7+. The maximum Gasteiger partial charge on any atom is 0.244 e. The minimum absolute atomic E-state index is 0.186. The second kappa shape index (κ2) is 8.99. The van der Waals surface area contributed by atoms with E-state index in [4.69, 9.17) is 23.2 Å². The molecule has 1 N–H and O–H groups in total. The fraction of sp³-hybridized carbons (Fsp3) is 0.100. The highest BCUT2D eigenvalue weighted by Gasteiger charge is 2.04. The lowest BCUT2D eigenvalue weighted by Gasteiger charge is -2.00. The Labute approximate surface area is 166 Å². The summed E-state index contributed by atoms with van der Waals surface area (Å²) in [6.45, 7) is 0.399. The summed E-state index contributed by atoms with van der Waals surface area (Å²) in [6, 6.07) is 15.4. The third kappa shape index (κ3) is 5.43. The van der Waals surface area contributed by atoms with Crippen molar-refractivity contribution in [3.63, 3.8) is 0 Å². The summed E-state index contributed by atoms with van der Waals surface area (Å²) in [5, 5.41) is 6.79. The average molecular weight is 403 g/mol. The van der Waals surface area contributed by atoms with Crippen molar-refractivity contribution >= 4 is 46.5 Å². The number of hydrogen-bond donors (Lipinski definition) is 1. The Balaban J connectivity index is 1.51. The van der Waals surface area contributed by atoms with Crippen LogP contribution in [0.3, 0.4) is 0 Å². The number of nitrogens with zero attached hydrogens (tertiary/aromatic N) is 1. The zero-order valence-corrected chi connectivity index (χ0v) is 16.1. The molecule has 0 aliphatic carbocycles. The highest BCUT2D eigenvalue weighted by atomic mass is 35.5. The molecule has 0 fully saturated rings. The molecule has 0 unspecified atom stereocenters. The average Bonchev–Trinajstić information content (AvgIpc) is 3.09. The van der Waals surface area contributed by atoms with Gasteiger partial charge in [0.1, 0.15) is 0 Å². The first-order valence-electron chi connectivity index (χ1n) is 7.98. The van der Waals surface area contributed by atoms with Crippen molar-refractivity contribution in [2.45, 2.75) is 13.0 Å². The topological polar surface area (TPSA) is 42.0 Å². The van der Waals surface area contributed by atoms with Gasteiger partial charge in [-0.05, 0) is 29.3 Å². The van der Waals surface area contributed by atoms with E-state index in [9.17, 15) is 4.79 Å². The molecule has 0 spiro atoms. The van der Waals surface area contributed by atoms with Crippen molar-refractivity contribution in [1.82, 2.24) is 10.3 Å². The molecule has 1 amide bonds. The van der Waals surface area contributed by atoms with Gasteiger partial charge in [-0.25, -0.2) is 4.98 Å². The summed E-state index contributed by atoms with van der Waals surface area (Å²) in [4.78, 5) is 16.5. The Hall–Kier alpha value is -2.14. The molecule has 0 atom stereocenters. The molecule has 0 saturated heterocycles. The van der Waals surface area contributed by atoms with Gasteiger partial charge in [0.2, 0.25) is 5.91 Å². The van der Waals surface area contributed by atoms with E-state index in [1.54, 1.807) is 35.6 Å². The van der Waals surface area contributed by atoms with Crippen LogP contribution in [0.1, 0.15) is 21.8 Å². The van der Waals surface area contributed by atoms with Gasteiger partial charge in [0.05, 0.1) is 27.3 Å². The predicted octanol–water partition coefficient (Wildman–Crippen LogP) is 5.37. The number of benzene rings is 2. The van der Waals surface area contributed by atoms with E-state index in [1.807, 2.05) is 23.6 Å². The van der Waals surface area contributed by atoms with Gasteiger partial charge in [-0.15, -0.1) is 11.3 Å². The van der Waals surface area contributed by atoms with Gasteiger partial charge in [-0.3, -0.25) is 4.79 Å². The number of thiazole rings is 1. The number of nitrogens with one attached hydrogen (secondary N) is 1. The van der Waals surface area contributed by atoms with Crippen molar-refractivity contribution in [2.24, 2.45) is 0 Å². The first-order chi connectivity index (χ1) is 12.6. The molecule has 1 heterocycles. The van der Waals surface area contributed by atoms with Gasteiger partial charge >= 0.3 is 0 Å². The van der Waals surface area contributed by atoms with Gasteiger partial charge in [0, 0.05) is 17.9 Å². The summed E-state index contributed by atoms with van der Waals surface area (Å²) >= 11 is 13.4. The molecule has 0 aliphatic rings. The number of aromatic nitrogens is 1. The number of amides is 1. The SMILES string of the molecule is O=C(/C=C/c1ccc(Cl)c(Cl)c1)NCc1csc(Cc2ccccc2)n1. The van der Waals surface area contributed by atoms with Crippen LogP contribution >= 0.6 is 34.5 Å². The van der Waals surface area contributed by atoms with Gasteiger partial charge < -0.3 is 5.32 Å². The normalized spacial score (nSPS) is 11.0.